The highest BCUT2D eigenvalue weighted by molar-refractivity contribution is 5.90. The van der Waals surface area contributed by atoms with E-state index in [1.54, 1.807) is 4.90 Å². The first-order valence-corrected chi connectivity index (χ1v) is 13.1. The van der Waals surface area contributed by atoms with Crippen LogP contribution < -0.4 is 10.6 Å². The lowest BCUT2D eigenvalue weighted by Gasteiger charge is -2.39. The van der Waals surface area contributed by atoms with Crippen molar-refractivity contribution >= 4 is 11.7 Å². The molecule has 33 heavy (non-hydrogen) atoms. The molecular weight excluding hydrogens is 406 g/mol. The van der Waals surface area contributed by atoms with Crippen molar-refractivity contribution in [3.8, 4) is 0 Å². The van der Waals surface area contributed by atoms with Gasteiger partial charge in [-0.15, -0.1) is 0 Å². The molecule has 2 aliphatic heterocycles. The molecule has 4 heteroatoms. The number of hydrogen-bond acceptors (Lipinski definition) is 2. The van der Waals surface area contributed by atoms with Gasteiger partial charge in [0.25, 0.3) is 0 Å². The standard InChI is InChI=1S/C29H41N3O/c1-2-3-5-10-24-13-8-14-26(20-24)32(29(30)33)18-9-17-31-27-15-16-28(31)22-25(21-27)19-23-11-6-4-7-12-23/h4,6-8,11-14,20,25,27-28H,2-3,5,9-10,15-19,21-22H2,1H3,(H2,30,33). The number of hydrogen-bond donors (Lipinski definition) is 1. The predicted octanol–water partition coefficient (Wildman–Crippen LogP) is 6.18. The van der Waals surface area contributed by atoms with Gasteiger partial charge in [0.2, 0.25) is 0 Å². The van der Waals surface area contributed by atoms with E-state index in [1.807, 2.05) is 6.07 Å². The number of nitrogens with two attached hydrogens (primary N) is 1. The lowest BCUT2D eigenvalue weighted by molar-refractivity contribution is 0.103. The van der Waals surface area contributed by atoms with Gasteiger partial charge in [-0.05, 0) is 80.5 Å². The summed E-state index contributed by atoms with van der Waals surface area (Å²) in [6.45, 7) is 3.98. The summed E-state index contributed by atoms with van der Waals surface area (Å²) >= 11 is 0. The summed E-state index contributed by atoms with van der Waals surface area (Å²) in [5.41, 5.74) is 9.51. The zero-order valence-electron chi connectivity index (χ0n) is 20.3. The molecule has 4 nitrogen and oxygen atoms in total. The number of benzene rings is 2. The zero-order valence-corrected chi connectivity index (χ0v) is 20.3. The van der Waals surface area contributed by atoms with E-state index in [2.05, 4.69) is 60.4 Å². The van der Waals surface area contributed by atoms with Crippen LogP contribution in [-0.2, 0) is 12.8 Å². The molecule has 2 amide bonds. The SMILES string of the molecule is CCCCCc1cccc(N(CCCN2C3CCC2CC(Cc2ccccc2)C3)C(N)=O)c1. The molecule has 2 bridgehead atoms. The predicted molar refractivity (Wildman–Crippen MR) is 138 cm³/mol. The molecule has 0 spiro atoms. The molecule has 2 saturated heterocycles. The molecule has 178 valence electrons. The number of amides is 2. The number of carbonyl (C=O) groups excluding carboxylic acids is 1. The minimum Gasteiger partial charge on any atom is -0.351 e. The van der Waals surface area contributed by atoms with Crippen LogP contribution >= 0.6 is 0 Å². The van der Waals surface area contributed by atoms with Gasteiger partial charge in [0.05, 0.1) is 0 Å². The highest BCUT2D eigenvalue weighted by Gasteiger charge is 2.40. The Hall–Kier alpha value is -2.33. The average Bonchev–Trinajstić information content (AvgIpc) is 3.05. The van der Waals surface area contributed by atoms with E-state index in [0.29, 0.717) is 18.6 Å². The topological polar surface area (TPSA) is 49.6 Å². The number of carbonyl (C=O) groups is 1. The van der Waals surface area contributed by atoms with Crippen LogP contribution in [-0.4, -0.2) is 36.1 Å². The first-order valence-electron chi connectivity index (χ1n) is 13.1. The largest absolute Gasteiger partial charge is 0.351 e. The highest BCUT2D eigenvalue weighted by Crippen LogP contribution is 2.40. The summed E-state index contributed by atoms with van der Waals surface area (Å²) in [6, 6.07) is 20.4. The smallest absolute Gasteiger partial charge is 0.319 e. The van der Waals surface area contributed by atoms with Crippen LogP contribution in [0, 0.1) is 5.92 Å². The molecule has 2 N–H and O–H groups in total. The first-order chi connectivity index (χ1) is 16.1. The number of primary amides is 1. The van der Waals surface area contributed by atoms with E-state index in [-0.39, 0.29) is 6.03 Å². The molecule has 0 aromatic heterocycles. The van der Waals surface area contributed by atoms with Crippen LogP contribution in [0.4, 0.5) is 10.5 Å². The van der Waals surface area contributed by atoms with Crippen LogP contribution in [0.15, 0.2) is 54.6 Å². The molecule has 0 aliphatic carbocycles. The Balaban J connectivity index is 1.29. The molecule has 0 radical (unpaired) electrons. The molecule has 2 heterocycles. The van der Waals surface area contributed by atoms with Crippen LogP contribution in [0.2, 0.25) is 0 Å². The van der Waals surface area contributed by atoms with Crippen molar-refractivity contribution < 1.29 is 4.79 Å². The number of unbranched alkanes of at least 4 members (excludes halogenated alkanes) is 2. The summed E-state index contributed by atoms with van der Waals surface area (Å²) < 4.78 is 0. The number of nitrogens with zero attached hydrogens (tertiary/aromatic N) is 2. The number of piperidine rings is 1. The van der Waals surface area contributed by atoms with E-state index in [0.717, 1.165) is 31.0 Å². The summed E-state index contributed by atoms with van der Waals surface area (Å²) in [6.07, 6.45) is 12.2. The van der Waals surface area contributed by atoms with Crippen molar-refractivity contribution in [1.82, 2.24) is 4.90 Å². The van der Waals surface area contributed by atoms with Gasteiger partial charge in [0.15, 0.2) is 0 Å². The third kappa shape index (κ3) is 6.38. The van der Waals surface area contributed by atoms with Crippen molar-refractivity contribution in [3.05, 3.63) is 65.7 Å². The monoisotopic (exact) mass is 447 g/mol. The van der Waals surface area contributed by atoms with Crippen molar-refractivity contribution in [2.45, 2.75) is 83.2 Å². The fourth-order valence-electron chi connectivity index (χ4n) is 6.10. The van der Waals surface area contributed by atoms with Gasteiger partial charge in [-0.1, -0.05) is 62.2 Å². The van der Waals surface area contributed by atoms with Gasteiger partial charge in [0, 0.05) is 30.9 Å². The van der Waals surface area contributed by atoms with E-state index in [9.17, 15) is 4.79 Å². The number of urea groups is 1. The van der Waals surface area contributed by atoms with Crippen LogP contribution in [0.5, 0.6) is 0 Å². The van der Waals surface area contributed by atoms with E-state index < -0.39 is 0 Å². The second-order valence-electron chi connectivity index (χ2n) is 10.1. The molecule has 4 rings (SSSR count). The minimum absolute atomic E-state index is 0.342. The number of fused-ring (bicyclic) bond motifs is 2. The molecule has 2 aromatic rings. The maximum absolute atomic E-state index is 12.2. The van der Waals surface area contributed by atoms with Crippen LogP contribution in [0.3, 0.4) is 0 Å². The van der Waals surface area contributed by atoms with Crippen LogP contribution in [0.1, 0.15) is 69.4 Å². The second-order valence-corrected chi connectivity index (χ2v) is 10.1. The Morgan fingerprint density at radius 1 is 0.970 bits per heavy atom. The second kappa shape index (κ2) is 11.7. The number of aryl methyl sites for hydroxylation is 1. The zero-order chi connectivity index (χ0) is 23.0. The summed E-state index contributed by atoms with van der Waals surface area (Å²) in [5, 5.41) is 0. The molecular formula is C29H41N3O. The van der Waals surface area contributed by atoms with Gasteiger partial charge < -0.3 is 5.73 Å². The molecule has 2 atom stereocenters. The normalized spacial score (nSPS) is 22.4. The molecule has 2 aliphatic rings. The lowest BCUT2D eigenvalue weighted by atomic mass is 9.85. The van der Waals surface area contributed by atoms with Crippen molar-refractivity contribution in [2.24, 2.45) is 11.7 Å². The maximum atomic E-state index is 12.2. The number of anilines is 1. The fourth-order valence-corrected chi connectivity index (χ4v) is 6.10. The van der Waals surface area contributed by atoms with Crippen LogP contribution in [0.25, 0.3) is 0 Å². The molecule has 0 saturated carbocycles. The van der Waals surface area contributed by atoms with Gasteiger partial charge in [-0.3, -0.25) is 9.80 Å². The Kier molecular flexibility index (Phi) is 8.44. The Bertz CT molecular complexity index is 869. The third-order valence-electron chi connectivity index (χ3n) is 7.70. The molecule has 2 aromatic carbocycles. The molecule has 2 fully saturated rings. The Morgan fingerprint density at radius 2 is 1.70 bits per heavy atom. The van der Waals surface area contributed by atoms with Crippen molar-refractivity contribution in [1.29, 1.82) is 0 Å². The van der Waals surface area contributed by atoms with Gasteiger partial charge in [0.1, 0.15) is 0 Å². The summed E-state index contributed by atoms with van der Waals surface area (Å²) in [7, 11) is 0. The quantitative estimate of drug-likeness (QED) is 0.418. The van der Waals surface area contributed by atoms with Gasteiger partial charge in [-0.2, -0.15) is 0 Å². The Morgan fingerprint density at radius 3 is 2.39 bits per heavy atom. The van der Waals surface area contributed by atoms with E-state index in [4.69, 9.17) is 5.73 Å². The van der Waals surface area contributed by atoms with E-state index in [1.165, 1.54) is 62.5 Å². The van der Waals surface area contributed by atoms with Crippen molar-refractivity contribution in [3.63, 3.8) is 0 Å². The van der Waals surface area contributed by atoms with Gasteiger partial charge in [-0.25, -0.2) is 4.79 Å². The average molecular weight is 448 g/mol. The highest BCUT2D eigenvalue weighted by atomic mass is 16.2. The van der Waals surface area contributed by atoms with Gasteiger partial charge >= 0.3 is 6.03 Å². The summed E-state index contributed by atoms with van der Waals surface area (Å²) in [4.78, 5) is 16.8. The fraction of sp³-hybridized carbons (Fsp3) is 0.552. The van der Waals surface area contributed by atoms with E-state index >= 15 is 0 Å². The molecule has 2 unspecified atom stereocenters. The Labute approximate surface area is 200 Å². The summed E-state index contributed by atoms with van der Waals surface area (Å²) in [5.74, 6) is 0.804. The van der Waals surface area contributed by atoms with Crippen molar-refractivity contribution in [2.75, 3.05) is 18.0 Å². The minimum atomic E-state index is -0.342. The first kappa shape index (κ1) is 23.8. The number of rotatable bonds is 11. The lowest BCUT2D eigenvalue weighted by Crippen LogP contribution is -2.45. The maximum Gasteiger partial charge on any atom is 0.319 e. The third-order valence-corrected chi connectivity index (χ3v) is 7.70.